The number of hydrogen-bond donors (Lipinski definition) is 1. The summed E-state index contributed by atoms with van der Waals surface area (Å²) in [7, 11) is 0. The van der Waals surface area contributed by atoms with Gasteiger partial charge in [-0.05, 0) is 42.0 Å². The molecule has 0 aliphatic heterocycles. The third-order valence-electron chi connectivity index (χ3n) is 4.26. The Bertz CT molecular complexity index is 1130. The van der Waals surface area contributed by atoms with Gasteiger partial charge in [-0.1, -0.05) is 18.2 Å². The molecule has 4 rings (SSSR count). The van der Waals surface area contributed by atoms with E-state index in [9.17, 15) is 13.6 Å². The fourth-order valence-electron chi connectivity index (χ4n) is 3.23. The van der Waals surface area contributed by atoms with Gasteiger partial charge < -0.3 is 10.3 Å². The van der Waals surface area contributed by atoms with Crippen molar-refractivity contribution in [2.45, 2.75) is 6.54 Å². The van der Waals surface area contributed by atoms with E-state index in [4.69, 9.17) is 5.73 Å². The van der Waals surface area contributed by atoms with Gasteiger partial charge in [-0.25, -0.2) is 8.78 Å². The van der Waals surface area contributed by atoms with Crippen molar-refractivity contribution in [2.75, 3.05) is 0 Å². The Kier molecular flexibility index (Phi) is 3.50. The summed E-state index contributed by atoms with van der Waals surface area (Å²) in [6.45, 7) is 0.374. The van der Waals surface area contributed by atoms with Gasteiger partial charge in [0.2, 0.25) is 5.91 Å². The van der Waals surface area contributed by atoms with Crippen molar-refractivity contribution >= 4 is 27.7 Å². The Balaban J connectivity index is 2.05. The normalized spacial score (nSPS) is 11.3. The van der Waals surface area contributed by atoms with Crippen LogP contribution < -0.4 is 5.73 Å². The molecule has 5 heteroatoms. The Morgan fingerprint density at radius 3 is 2.60 bits per heavy atom. The molecule has 0 fully saturated rings. The molecule has 0 spiro atoms. The summed E-state index contributed by atoms with van der Waals surface area (Å²) in [6, 6.07) is 17.0. The van der Waals surface area contributed by atoms with Crippen molar-refractivity contribution in [3.05, 3.63) is 83.4 Å². The lowest BCUT2D eigenvalue weighted by atomic mass is 10.1. The molecule has 3 nitrogen and oxygen atoms in total. The van der Waals surface area contributed by atoms with Crippen LogP contribution in [-0.4, -0.2) is 10.5 Å². The van der Waals surface area contributed by atoms with E-state index in [0.717, 1.165) is 11.1 Å². The molecule has 25 heavy (non-hydrogen) atoms. The van der Waals surface area contributed by atoms with Gasteiger partial charge in [-0.3, -0.25) is 4.79 Å². The Morgan fingerprint density at radius 1 is 1.04 bits per heavy atom. The topological polar surface area (TPSA) is 48.0 Å². The van der Waals surface area contributed by atoms with Crippen molar-refractivity contribution in [3.8, 4) is 0 Å². The summed E-state index contributed by atoms with van der Waals surface area (Å²) in [5.41, 5.74) is 7.97. The number of nitrogens with two attached hydrogens (primary N) is 1. The first kappa shape index (κ1) is 15.3. The van der Waals surface area contributed by atoms with Gasteiger partial charge >= 0.3 is 0 Å². The lowest BCUT2D eigenvalue weighted by molar-refractivity contribution is 0.100. The van der Waals surface area contributed by atoms with Gasteiger partial charge in [0.1, 0.15) is 11.6 Å². The van der Waals surface area contributed by atoms with Gasteiger partial charge in [0.15, 0.2) is 0 Å². The molecule has 123 valence electrons. The molecule has 0 bridgehead atoms. The van der Waals surface area contributed by atoms with Crippen molar-refractivity contribution in [1.82, 2.24) is 4.57 Å². The minimum atomic E-state index is -0.590. The zero-order valence-corrected chi connectivity index (χ0v) is 13.1. The molecular formula is C20H13F2N2O. The van der Waals surface area contributed by atoms with E-state index >= 15 is 0 Å². The highest BCUT2D eigenvalue weighted by molar-refractivity contribution is 6.17. The van der Waals surface area contributed by atoms with Crippen LogP contribution in [0.4, 0.5) is 8.78 Å². The number of primary amides is 1. The molecule has 0 aliphatic carbocycles. The maximum absolute atomic E-state index is 13.8. The highest BCUT2D eigenvalue weighted by Gasteiger charge is 2.17. The van der Waals surface area contributed by atoms with E-state index in [1.165, 1.54) is 18.2 Å². The molecule has 2 N–H and O–H groups in total. The van der Waals surface area contributed by atoms with E-state index < -0.39 is 11.7 Å². The summed E-state index contributed by atoms with van der Waals surface area (Å²) in [5.74, 6) is -1.43. The number of carbonyl (C=O) groups excluding carboxylic acids is 1. The molecule has 1 radical (unpaired) electrons. The first-order valence-electron chi connectivity index (χ1n) is 7.71. The molecule has 0 aliphatic rings. The van der Waals surface area contributed by atoms with Crippen molar-refractivity contribution in [3.63, 3.8) is 0 Å². The van der Waals surface area contributed by atoms with Gasteiger partial charge in [0.05, 0.1) is 11.0 Å². The second-order valence-electron chi connectivity index (χ2n) is 5.85. The highest BCUT2D eigenvalue weighted by Crippen LogP contribution is 2.32. The minimum Gasteiger partial charge on any atom is -0.366 e. The zero-order chi connectivity index (χ0) is 17.6. The predicted octanol–water partition coefficient (Wildman–Crippen LogP) is 4.02. The molecule has 3 aromatic carbocycles. The molecule has 0 saturated carbocycles. The van der Waals surface area contributed by atoms with Crippen LogP contribution >= 0.6 is 0 Å². The number of carbonyl (C=O) groups is 1. The van der Waals surface area contributed by atoms with E-state index in [0.29, 0.717) is 28.4 Å². The third-order valence-corrected chi connectivity index (χ3v) is 4.26. The maximum atomic E-state index is 13.8. The Hall–Kier alpha value is -3.21. The first-order chi connectivity index (χ1) is 12.0. The minimum absolute atomic E-state index is 0.308. The number of halogens is 2. The van der Waals surface area contributed by atoms with Crippen molar-refractivity contribution in [2.24, 2.45) is 5.73 Å². The number of aromatic nitrogens is 1. The molecule has 0 saturated heterocycles. The molecule has 1 aromatic heterocycles. The number of hydrogen-bond acceptors (Lipinski definition) is 1. The lowest BCUT2D eigenvalue weighted by Crippen LogP contribution is -2.11. The Labute approximate surface area is 142 Å². The summed E-state index contributed by atoms with van der Waals surface area (Å²) in [6.07, 6.45) is 0. The van der Waals surface area contributed by atoms with Crippen molar-refractivity contribution < 1.29 is 13.6 Å². The van der Waals surface area contributed by atoms with Crippen LogP contribution in [0, 0.1) is 17.7 Å². The molecule has 4 aromatic rings. The average molecular weight is 335 g/mol. The third kappa shape index (κ3) is 2.54. The van der Waals surface area contributed by atoms with Crippen LogP contribution in [0.1, 0.15) is 15.9 Å². The van der Waals surface area contributed by atoms with Crippen LogP contribution in [0.15, 0.2) is 54.6 Å². The number of benzene rings is 3. The van der Waals surface area contributed by atoms with Crippen LogP contribution in [0.2, 0.25) is 0 Å². The van der Waals surface area contributed by atoms with Crippen LogP contribution in [0.25, 0.3) is 21.8 Å². The molecule has 1 heterocycles. The van der Waals surface area contributed by atoms with E-state index in [2.05, 4.69) is 6.07 Å². The summed E-state index contributed by atoms with van der Waals surface area (Å²) in [4.78, 5) is 11.8. The van der Waals surface area contributed by atoms with E-state index in [1.54, 1.807) is 24.3 Å². The first-order valence-corrected chi connectivity index (χ1v) is 7.71. The van der Waals surface area contributed by atoms with Gasteiger partial charge in [0, 0.05) is 28.9 Å². The maximum Gasteiger partial charge on any atom is 0.249 e. The number of nitrogens with zero attached hydrogens (tertiary/aromatic N) is 1. The lowest BCUT2D eigenvalue weighted by Gasteiger charge is -2.08. The zero-order valence-electron chi connectivity index (χ0n) is 13.1. The SMILES string of the molecule is NC(=O)c1cccc2c1c1[c]c(F)ccc1n2Cc1cccc(F)c1. The van der Waals surface area contributed by atoms with E-state index in [-0.39, 0.29) is 5.82 Å². The summed E-state index contributed by atoms with van der Waals surface area (Å²) < 4.78 is 29.2. The van der Waals surface area contributed by atoms with Gasteiger partial charge in [0.25, 0.3) is 0 Å². The largest absolute Gasteiger partial charge is 0.366 e. The van der Waals surface area contributed by atoms with Gasteiger partial charge in [-0.15, -0.1) is 0 Å². The second kappa shape index (κ2) is 5.70. The number of rotatable bonds is 3. The molecule has 1 amide bonds. The smallest absolute Gasteiger partial charge is 0.249 e. The number of fused-ring (bicyclic) bond motifs is 3. The monoisotopic (exact) mass is 335 g/mol. The standard InChI is InChI=1S/C20H13F2N2O/c21-13-4-1-3-12(9-13)11-24-17-8-7-14(22)10-16(17)19-15(20(23)25)5-2-6-18(19)24/h1-9H,11H2,(H2,23,25). The fraction of sp³-hybridized carbons (Fsp3) is 0.0500. The van der Waals surface area contributed by atoms with E-state index in [1.807, 2.05) is 16.7 Å². The average Bonchev–Trinajstić information content (AvgIpc) is 2.88. The molecular weight excluding hydrogens is 322 g/mol. The van der Waals surface area contributed by atoms with Crippen molar-refractivity contribution in [1.29, 1.82) is 0 Å². The van der Waals surface area contributed by atoms with Crippen LogP contribution in [0.5, 0.6) is 0 Å². The predicted molar refractivity (Wildman–Crippen MR) is 92.3 cm³/mol. The van der Waals surface area contributed by atoms with Crippen LogP contribution in [0.3, 0.4) is 0 Å². The number of amides is 1. The quantitative estimate of drug-likeness (QED) is 0.604. The fourth-order valence-corrected chi connectivity index (χ4v) is 3.23. The Morgan fingerprint density at radius 2 is 1.84 bits per heavy atom. The summed E-state index contributed by atoms with van der Waals surface area (Å²) in [5, 5.41) is 1.04. The van der Waals surface area contributed by atoms with Crippen LogP contribution in [-0.2, 0) is 6.54 Å². The molecule has 0 unspecified atom stereocenters. The summed E-state index contributed by atoms with van der Waals surface area (Å²) >= 11 is 0. The highest BCUT2D eigenvalue weighted by atomic mass is 19.1. The molecule has 0 atom stereocenters. The van der Waals surface area contributed by atoms with Gasteiger partial charge in [-0.2, -0.15) is 0 Å². The second-order valence-corrected chi connectivity index (χ2v) is 5.85.